The number of rotatable bonds is 4. The lowest BCUT2D eigenvalue weighted by Crippen LogP contribution is -2.52. The van der Waals surface area contributed by atoms with E-state index in [4.69, 9.17) is 0 Å². The first-order chi connectivity index (χ1) is 16.0. The predicted molar refractivity (Wildman–Crippen MR) is 131 cm³/mol. The molecule has 8 nitrogen and oxygen atoms in total. The molecule has 3 aliphatic rings. The number of hydrogen-bond acceptors (Lipinski definition) is 7. The monoisotopic (exact) mass is 468 g/mol. The van der Waals surface area contributed by atoms with Gasteiger partial charge in [0.1, 0.15) is 0 Å². The molecule has 4 heterocycles. The fourth-order valence-corrected chi connectivity index (χ4v) is 6.06. The minimum atomic E-state index is -0.00762. The Morgan fingerprint density at radius 2 is 1.76 bits per heavy atom. The van der Waals surface area contributed by atoms with Crippen molar-refractivity contribution >= 4 is 39.1 Å². The molecule has 1 atom stereocenters. The van der Waals surface area contributed by atoms with Gasteiger partial charge in [-0.2, -0.15) is 0 Å². The summed E-state index contributed by atoms with van der Waals surface area (Å²) in [6.07, 6.45) is 3.36. The second-order valence-corrected chi connectivity index (χ2v) is 10.3. The van der Waals surface area contributed by atoms with Crippen LogP contribution in [-0.4, -0.2) is 72.7 Å². The number of piperazine rings is 1. The van der Waals surface area contributed by atoms with Crippen LogP contribution < -0.4 is 14.7 Å². The highest BCUT2D eigenvalue weighted by molar-refractivity contribution is 7.19. The van der Waals surface area contributed by atoms with Crippen LogP contribution in [0.1, 0.15) is 36.8 Å². The van der Waals surface area contributed by atoms with Crippen LogP contribution in [0.4, 0.5) is 16.0 Å². The van der Waals surface area contributed by atoms with Gasteiger partial charge in [-0.3, -0.25) is 14.5 Å². The zero-order valence-corrected chi connectivity index (χ0v) is 20.3. The normalized spacial score (nSPS) is 21.8. The van der Waals surface area contributed by atoms with Crippen LogP contribution in [0.15, 0.2) is 18.2 Å². The fourth-order valence-electron chi connectivity index (χ4n) is 5.13. The van der Waals surface area contributed by atoms with Gasteiger partial charge < -0.3 is 14.7 Å². The van der Waals surface area contributed by atoms with Crippen LogP contribution in [0.25, 0.3) is 0 Å². The van der Waals surface area contributed by atoms with Crippen molar-refractivity contribution in [3.05, 3.63) is 29.3 Å². The largest absolute Gasteiger partial charge is 0.368 e. The molecule has 0 bridgehead atoms. The second kappa shape index (κ2) is 9.29. The Balaban J connectivity index is 1.19. The highest BCUT2D eigenvalue weighted by atomic mass is 32.1. The van der Waals surface area contributed by atoms with E-state index in [1.807, 2.05) is 4.90 Å². The van der Waals surface area contributed by atoms with Gasteiger partial charge in [-0.15, -0.1) is 10.2 Å². The summed E-state index contributed by atoms with van der Waals surface area (Å²) >= 11 is 1.47. The molecule has 0 unspecified atom stereocenters. The van der Waals surface area contributed by atoms with Gasteiger partial charge in [0.05, 0.1) is 5.92 Å². The zero-order valence-electron chi connectivity index (χ0n) is 19.5. The quantitative estimate of drug-likeness (QED) is 0.687. The van der Waals surface area contributed by atoms with E-state index in [9.17, 15) is 9.59 Å². The molecule has 3 saturated heterocycles. The Bertz CT molecular complexity index is 1030. The van der Waals surface area contributed by atoms with Crippen molar-refractivity contribution in [2.45, 2.75) is 39.5 Å². The van der Waals surface area contributed by atoms with Crippen LogP contribution in [0.5, 0.6) is 0 Å². The van der Waals surface area contributed by atoms with Gasteiger partial charge in [-0.1, -0.05) is 23.5 Å². The average molecular weight is 469 g/mol. The molecule has 0 radical (unpaired) electrons. The number of amides is 2. The van der Waals surface area contributed by atoms with Crippen LogP contribution >= 0.6 is 11.3 Å². The van der Waals surface area contributed by atoms with Crippen LogP contribution in [0, 0.1) is 19.8 Å². The Morgan fingerprint density at radius 3 is 2.52 bits per heavy atom. The Kier molecular flexibility index (Phi) is 6.23. The van der Waals surface area contributed by atoms with Crippen molar-refractivity contribution in [3.8, 4) is 0 Å². The number of piperidine rings is 1. The third kappa shape index (κ3) is 4.55. The fraction of sp³-hybridized carbons (Fsp3) is 0.583. The minimum Gasteiger partial charge on any atom is -0.368 e. The first kappa shape index (κ1) is 22.1. The number of aryl methyl sites for hydroxylation is 2. The van der Waals surface area contributed by atoms with E-state index in [0.29, 0.717) is 18.1 Å². The third-order valence-electron chi connectivity index (χ3n) is 7.05. The summed E-state index contributed by atoms with van der Waals surface area (Å²) in [4.78, 5) is 33.7. The number of carbonyl (C=O) groups excluding carboxylic acids is 2. The number of aromatic nitrogens is 2. The van der Waals surface area contributed by atoms with Crippen molar-refractivity contribution in [2.24, 2.45) is 5.92 Å². The van der Waals surface area contributed by atoms with Gasteiger partial charge in [0.25, 0.3) is 0 Å². The Morgan fingerprint density at radius 1 is 0.970 bits per heavy atom. The van der Waals surface area contributed by atoms with Gasteiger partial charge in [0.15, 0.2) is 0 Å². The zero-order chi connectivity index (χ0) is 22.9. The van der Waals surface area contributed by atoms with Gasteiger partial charge in [-0.25, -0.2) is 0 Å². The van der Waals surface area contributed by atoms with E-state index in [0.717, 1.165) is 63.7 Å². The van der Waals surface area contributed by atoms with Crippen molar-refractivity contribution in [1.82, 2.24) is 15.1 Å². The van der Waals surface area contributed by atoms with Crippen molar-refractivity contribution in [1.29, 1.82) is 0 Å². The summed E-state index contributed by atoms with van der Waals surface area (Å²) < 4.78 is 0. The predicted octanol–water partition coefficient (Wildman–Crippen LogP) is 2.85. The maximum absolute atomic E-state index is 13.3. The van der Waals surface area contributed by atoms with E-state index in [-0.39, 0.29) is 17.7 Å². The van der Waals surface area contributed by atoms with E-state index in [1.54, 1.807) is 4.90 Å². The molecular formula is C24H32N6O2S. The average Bonchev–Trinajstić information content (AvgIpc) is 3.49. The van der Waals surface area contributed by atoms with Crippen LogP contribution in [0.3, 0.4) is 0 Å². The molecule has 1 aromatic carbocycles. The lowest BCUT2D eigenvalue weighted by atomic mass is 9.96. The highest BCUT2D eigenvalue weighted by Crippen LogP contribution is 2.33. The number of nitrogens with zero attached hydrogens (tertiary/aromatic N) is 6. The Labute approximate surface area is 199 Å². The maximum Gasteiger partial charge on any atom is 0.228 e. The summed E-state index contributed by atoms with van der Waals surface area (Å²) in [5.74, 6) is 0.385. The first-order valence-electron chi connectivity index (χ1n) is 12.0. The summed E-state index contributed by atoms with van der Waals surface area (Å²) in [6.45, 7) is 9.84. The molecule has 33 heavy (non-hydrogen) atoms. The van der Waals surface area contributed by atoms with E-state index >= 15 is 0 Å². The molecule has 9 heteroatoms. The van der Waals surface area contributed by atoms with E-state index in [1.165, 1.54) is 28.2 Å². The molecular weight excluding hydrogens is 436 g/mol. The molecule has 1 aromatic heterocycles. The maximum atomic E-state index is 13.3. The molecule has 5 rings (SSSR count). The number of hydrogen-bond donors (Lipinski definition) is 0. The molecule has 3 fully saturated rings. The molecule has 3 aliphatic heterocycles. The first-order valence-corrected chi connectivity index (χ1v) is 12.8. The van der Waals surface area contributed by atoms with Crippen LogP contribution in [-0.2, 0) is 9.59 Å². The SMILES string of the molecule is Cc1ccc(C)c(N2CCN(C(=O)[C@H]3CCCN(c4nnc(N5CCCC5=O)s4)C3)CC2)c1. The Hall–Kier alpha value is -2.68. The molecule has 0 saturated carbocycles. The van der Waals surface area contributed by atoms with Gasteiger partial charge in [0.2, 0.25) is 22.1 Å². The lowest BCUT2D eigenvalue weighted by molar-refractivity contribution is -0.136. The number of anilines is 3. The van der Waals surface area contributed by atoms with Gasteiger partial charge in [-0.05, 0) is 50.3 Å². The topological polar surface area (TPSA) is 72.9 Å². The lowest BCUT2D eigenvalue weighted by Gasteiger charge is -2.40. The molecule has 2 amide bonds. The van der Waals surface area contributed by atoms with Crippen molar-refractivity contribution in [2.75, 3.05) is 60.5 Å². The van der Waals surface area contributed by atoms with Gasteiger partial charge in [0, 0.05) is 57.9 Å². The molecule has 0 aliphatic carbocycles. The smallest absolute Gasteiger partial charge is 0.228 e. The van der Waals surface area contributed by atoms with Crippen LogP contribution in [0.2, 0.25) is 0 Å². The summed E-state index contributed by atoms with van der Waals surface area (Å²) in [7, 11) is 0. The highest BCUT2D eigenvalue weighted by Gasteiger charge is 2.33. The van der Waals surface area contributed by atoms with Crippen molar-refractivity contribution < 1.29 is 9.59 Å². The van der Waals surface area contributed by atoms with E-state index < -0.39 is 0 Å². The summed E-state index contributed by atoms with van der Waals surface area (Å²) in [5, 5.41) is 10.1. The van der Waals surface area contributed by atoms with Crippen molar-refractivity contribution in [3.63, 3.8) is 0 Å². The van der Waals surface area contributed by atoms with E-state index in [2.05, 4.69) is 52.0 Å². The molecule has 0 N–H and O–H groups in total. The summed E-state index contributed by atoms with van der Waals surface area (Å²) in [6, 6.07) is 6.58. The third-order valence-corrected chi connectivity index (χ3v) is 8.05. The number of benzene rings is 1. The standard InChI is InChI=1S/C24H32N6O2S/c1-17-7-8-18(2)20(15-17)27-11-13-28(14-12-27)22(32)19-5-3-9-29(16-19)23-25-26-24(33-23)30-10-4-6-21(30)31/h7-8,15,19H,3-6,9-14,16H2,1-2H3/t19-/m0/s1. The molecule has 176 valence electrons. The minimum absolute atomic E-state index is 0.00762. The molecule has 0 spiro atoms. The summed E-state index contributed by atoms with van der Waals surface area (Å²) in [5.41, 5.74) is 3.84. The number of carbonyl (C=O) groups is 2. The molecule has 2 aromatic rings. The van der Waals surface area contributed by atoms with Gasteiger partial charge >= 0.3 is 0 Å². The second-order valence-electron chi connectivity index (χ2n) is 9.40.